The Labute approximate surface area is 355 Å². The Balaban J connectivity index is 1.07. The molecule has 0 saturated carbocycles. The Hall–Kier alpha value is -7.00. The normalized spacial score (nSPS) is 17.3. The fourth-order valence-corrected chi connectivity index (χ4v) is 11.7. The van der Waals surface area contributed by atoms with E-state index in [0.29, 0.717) is 0 Å². The number of benzene rings is 9. The summed E-state index contributed by atoms with van der Waals surface area (Å²) < 4.78 is 2.65. The molecule has 1 nitrogen and oxygen atoms in total. The molecule has 2 aliphatic carbocycles. The van der Waals surface area contributed by atoms with Gasteiger partial charge in [-0.25, -0.2) is 0 Å². The minimum atomic E-state index is -0.316. The van der Waals surface area contributed by atoms with Crippen molar-refractivity contribution in [3.63, 3.8) is 0 Å². The molecule has 0 bridgehead atoms. The van der Waals surface area contributed by atoms with Gasteiger partial charge in [-0.15, -0.1) is 11.3 Å². The van der Waals surface area contributed by atoms with Crippen molar-refractivity contribution in [3.05, 3.63) is 246 Å². The predicted molar refractivity (Wildman–Crippen MR) is 254 cm³/mol. The summed E-state index contributed by atoms with van der Waals surface area (Å²) in [5.74, 6) is 0. The van der Waals surface area contributed by atoms with Crippen LogP contribution in [0.3, 0.4) is 0 Å². The molecule has 0 N–H and O–H groups in total. The summed E-state index contributed by atoms with van der Waals surface area (Å²) in [5.41, 5.74) is 18.4. The second-order valence-corrected chi connectivity index (χ2v) is 17.8. The first-order valence-corrected chi connectivity index (χ1v) is 21.7. The molecule has 1 heterocycles. The summed E-state index contributed by atoms with van der Waals surface area (Å²) in [4.78, 5) is 2.48. The minimum Gasteiger partial charge on any atom is -0.310 e. The van der Waals surface area contributed by atoms with Crippen LogP contribution in [-0.4, -0.2) is 0 Å². The molecule has 0 aliphatic heterocycles. The molecule has 284 valence electrons. The number of fused-ring (bicyclic) bond motifs is 9. The lowest BCUT2D eigenvalue weighted by Gasteiger charge is -2.31. The first kappa shape index (κ1) is 35.0. The molecule has 2 heteroatoms. The van der Waals surface area contributed by atoms with Crippen LogP contribution in [0, 0.1) is 0 Å². The standard InChI is InChI=1S/C58H41NS/c1-57(40-17-5-3-6-18-40)52-26-13-10-23-46(52)49-36-43(30-32-53(49)57)59(42-21-15-16-38(34-42)39-28-33-56-50(35-39)48-24-11-14-27-55(48)60-56)44-29-31-47-45-22-9-12-25-51(45)58(2,54(47)37-44)41-19-7-4-8-20-41/h3-37H,1-2H3. The Kier molecular flexibility index (Phi) is 7.73. The van der Waals surface area contributed by atoms with Crippen LogP contribution in [0.5, 0.6) is 0 Å². The van der Waals surface area contributed by atoms with Crippen LogP contribution in [-0.2, 0) is 10.8 Å². The van der Waals surface area contributed by atoms with Crippen molar-refractivity contribution in [2.75, 3.05) is 4.90 Å². The SMILES string of the molecule is CC1(c2ccccc2)c2ccccc2-c2cc(N(c3cccc(-c4ccc5sc6ccccc6c5c4)c3)c3ccc4c(c3)C(C)(c3ccccc3)c3ccccc3-4)ccc21. The van der Waals surface area contributed by atoms with Crippen LogP contribution in [0.1, 0.15) is 47.2 Å². The summed E-state index contributed by atoms with van der Waals surface area (Å²) in [5, 5.41) is 2.63. The zero-order valence-electron chi connectivity index (χ0n) is 33.6. The van der Waals surface area contributed by atoms with Crippen molar-refractivity contribution < 1.29 is 0 Å². The minimum absolute atomic E-state index is 0.266. The third-order valence-corrected chi connectivity index (χ3v) is 14.8. The van der Waals surface area contributed by atoms with Crippen molar-refractivity contribution >= 4 is 48.6 Å². The lowest BCUT2D eigenvalue weighted by Crippen LogP contribution is -2.23. The first-order valence-electron chi connectivity index (χ1n) is 20.9. The summed E-state index contributed by atoms with van der Waals surface area (Å²) in [7, 11) is 0. The van der Waals surface area contributed by atoms with E-state index in [1.807, 2.05) is 11.3 Å². The molecule has 2 unspecified atom stereocenters. The van der Waals surface area contributed by atoms with E-state index in [2.05, 4.69) is 231 Å². The Bertz CT molecular complexity index is 3310. The largest absolute Gasteiger partial charge is 0.310 e. The van der Waals surface area contributed by atoms with Gasteiger partial charge >= 0.3 is 0 Å². The van der Waals surface area contributed by atoms with Gasteiger partial charge < -0.3 is 4.90 Å². The molecule has 12 rings (SSSR count). The number of anilines is 3. The molecule has 10 aromatic rings. The van der Waals surface area contributed by atoms with Crippen LogP contribution in [0.4, 0.5) is 17.1 Å². The zero-order valence-corrected chi connectivity index (χ0v) is 34.4. The molecule has 0 spiro atoms. The van der Waals surface area contributed by atoms with Gasteiger partial charge in [0.25, 0.3) is 0 Å². The number of thiophene rings is 1. The number of nitrogens with zero attached hydrogens (tertiary/aromatic N) is 1. The van der Waals surface area contributed by atoms with Crippen molar-refractivity contribution in [1.29, 1.82) is 0 Å². The molecule has 60 heavy (non-hydrogen) atoms. The smallest absolute Gasteiger partial charge is 0.0468 e. The number of rotatable bonds is 6. The highest BCUT2D eigenvalue weighted by atomic mass is 32.1. The Morgan fingerprint density at radius 3 is 1.62 bits per heavy atom. The second-order valence-electron chi connectivity index (χ2n) is 16.7. The molecule has 2 atom stereocenters. The van der Waals surface area contributed by atoms with E-state index in [4.69, 9.17) is 0 Å². The lowest BCUT2D eigenvalue weighted by molar-refractivity contribution is 0.713. The molecule has 2 aliphatic rings. The van der Waals surface area contributed by atoms with E-state index in [1.54, 1.807) is 0 Å². The Morgan fingerprint density at radius 1 is 0.333 bits per heavy atom. The van der Waals surface area contributed by atoms with Gasteiger partial charge in [0.1, 0.15) is 0 Å². The van der Waals surface area contributed by atoms with Gasteiger partial charge in [0.05, 0.1) is 0 Å². The zero-order chi connectivity index (χ0) is 40.0. The summed E-state index contributed by atoms with van der Waals surface area (Å²) in [6.45, 7) is 4.80. The van der Waals surface area contributed by atoms with Gasteiger partial charge in [0.2, 0.25) is 0 Å². The lowest BCUT2D eigenvalue weighted by atomic mass is 9.74. The molecule has 1 aromatic heterocycles. The van der Waals surface area contributed by atoms with E-state index in [-0.39, 0.29) is 10.8 Å². The van der Waals surface area contributed by atoms with Gasteiger partial charge in [-0.05, 0) is 135 Å². The highest BCUT2D eigenvalue weighted by molar-refractivity contribution is 7.25. The van der Waals surface area contributed by atoms with Gasteiger partial charge in [-0.1, -0.05) is 158 Å². The maximum atomic E-state index is 2.48. The average Bonchev–Trinajstić information content (AvgIpc) is 3.91. The van der Waals surface area contributed by atoms with Gasteiger partial charge in [0, 0.05) is 48.1 Å². The van der Waals surface area contributed by atoms with Crippen LogP contribution in [0.15, 0.2) is 212 Å². The Morgan fingerprint density at radius 2 is 0.867 bits per heavy atom. The molecule has 0 saturated heterocycles. The van der Waals surface area contributed by atoms with Gasteiger partial charge in [-0.3, -0.25) is 0 Å². The third kappa shape index (κ3) is 5.04. The monoisotopic (exact) mass is 783 g/mol. The molecular formula is C58H41NS. The topological polar surface area (TPSA) is 3.24 Å². The summed E-state index contributed by atoms with van der Waals surface area (Å²) in [6.07, 6.45) is 0. The van der Waals surface area contributed by atoms with Crippen LogP contribution in [0.2, 0.25) is 0 Å². The van der Waals surface area contributed by atoms with E-state index >= 15 is 0 Å². The number of hydrogen-bond acceptors (Lipinski definition) is 2. The van der Waals surface area contributed by atoms with Crippen molar-refractivity contribution in [2.45, 2.75) is 24.7 Å². The predicted octanol–water partition coefficient (Wildman–Crippen LogP) is 15.9. The van der Waals surface area contributed by atoms with Gasteiger partial charge in [-0.2, -0.15) is 0 Å². The van der Waals surface area contributed by atoms with Gasteiger partial charge in [0.15, 0.2) is 0 Å². The third-order valence-electron chi connectivity index (χ3n) is 13.6. The van der Waals surface area contributed by atoms with Crippen molar-refractivity contribution in [1.82, 2.24) is 0 Å². The molecular weight excluding hydrogens is 743 g/mol. The molecule has 0 fully saturated rings. The number of hydrogen-bond donors (Lipinski definition) is 0. The highest BCUT2D eigenvalue weighted by Crippen LogP contribution is 2.56. The van der Waals surface area contributed by atoms with E-state index in [0.717, 1.165) is 17.1 Å². The summed E-state index contributed by atoms with van der Waals surface area (Å²) in [6, 6.07) is 79.2. The maximum absolute atomic E-state index is 2.48. The first-order chi connectivity index (χ1) is 29.5. The van der Waals surface area contributed by atoms with Crippen LogP contribution in [0.25, 0.3) is 53.6 Å². The van der Waals surface area contributed by atoms with Crippen molar-refractivity contribution in [2.24, 2.45) is 0 Å². The average molecular weight is 784 g/mol. The fourth-order valence-electron chi connectivity index (χ4n) is 10.6. The molecule has 9 aromatic carbocycles. The maximum Gasteiger partial charge on any atom is 0.0468 e. The summed E-state index contributed by atoms with van der Waals surface area (Å²) >= 11 is 1.87. The van der Waals surface area contributed by atoms with Crippen molar-refractivity contribution in [3.8, 4) is 33.4 Å². The fraction of sp³-hybridized carbons (Fsp3) is 0.0690. The quantitative estimate of drug-likeness (QED) is 0.162. The van der Waals surface area contributed by atoms with E-state index < -0.39 is 0 Å². The molecule has 0 radical (unpaired) electrons. The van der Waals surface area contributed by atoms with Crippen LogP contribution >= 0.6 is 11.3 Å². The van der Waals surface area contributed by atoms with Crippen LogP contribution < -0.4 is 4.90 Å². The van der Waals surface area contributed by atoms with E-state index in [1.165, 1.54) is 86.9 Å². The second kappa shape index (κ2) is 13.3. The van der Waals surface area contributed by atoms with E-state index in [9.17, 15) is 0 Å². The molecule has 0 amide bonds. The highest BCUT2D eigenvalue weighted by Gasteiger charge is 2.42.